The maximum atomic E-state index is 12.4. The predicted octanol–water partition coefficient (Wildman–Crippen LogP) is 0.907. The minimum atomic E-state index is -1.06. The van der Waals surface area contributed by atoms with Gasteiger partial charge in [0.1, 0.15) is 22.7 Å². The number of aromatic hydroxyl groups is 1. The summed E-state index contributed by atoms with van der Waals surface area (Å²) in [6.07, 6.45) is 0. The van der Waals surface area contributed by atoms with E-state index in [1.807, 2.05) is 6.07 Å². The molecule has 0 radical (unpaired) electrons. The number of amides is 2. The summed E-state index contributed by atoms with van der Waals surface area (Å²) in [4.78, 5) is 36.4. The monoisotopic (exact) mass is 438 g/mol. The third kappa shape index (κ3) is 6.18. The lowest BCUT2D eigenvalue weighted by Gasteiger charge is -2.13. The van der Waals surface area contributed by atoms with Crippen LogP contribution < -0.4 is 16.4 Å². The third-order valence-electron chi connectivity index (χ3n) is 3.67. The van der Waals surface area contributed by atoms with Crippen LogP contribution in [0.15, 0.2) is 30.3 Å². The third-order valence-corrected chi connectivity index (χ3v) is 4.81. The predicted molar refractivity (Wildman–Crippen MR) is 108 cm³/mol. The topological polar surface area (TPSA) is 155 Å². The molecule has 0 saturated heterocycles. The standard InChI is InChI=1S/C18H18N4O5S.ClH/c1-27-18(26)13(8-20)22-17(25)15-11(7-19)6-14(28-15)16(24)21-9-10-3-2-4-12(23)5-10;/h2-6,13,23H,8-9,20H2,1H3,(H,21,24)(H,22,25);1H/t13-;/m0./s1. The molecule has 1 heterocycles. The van der Waals surface area contributed by atoms with Gasteiger partial charge in [-0.1, -0.05) is 12.1 Å². The number of phenolic OH excluding ortho intramolecular Hbond substituents is 1. The number of phenols is 1. The minimum Gasteiger partial charge on any atom is -0.508 e. The van der Waals surface area contributed by atoms with E-state index in [2.05, 4.69) is 15.4 Å². The summed E-state index contributed by atoms with van der Waals surface area (Å²) in [6.45, 7) is -0.0188. The lowest BCUT2D eigenvalue weighted by Crippen LogP contribution is -2.46. The zero-order valence-corrected chi connectivity index (χ0v) is 16.9. The summed E-state index contributed by atoms with van der Waals surface area (Å²) in [6, 6.07) is 8.49. The Labute approximate surface area is 176 Å². The fourth-order valence-electron chi connectivity index (χ4n) is 2.27. The van der Waals surface area contributed by atoms with E-state index >= 15 is 0 Å². The van der Waals surface area contributed by atoms with Crippen molar-refractivity contribution in [1.29, 1.82) is 5.26 Å². The van der Waals surface area contributed by atoms with Crippen LogP contribution in [0.1, 0.15) is 30.5 Å². The summed E-state index contributed by atoms with van der Waals surface area (Å²) in [7, 11) is 1.16. The molecule has 0 aliphatic heterocycles. The number of benzene rings is 1. The molecule has 0 bridgehead atoms. The number of hydrogen-bond donors (Lipinski definition) is 4. The molecule has 2 rings (SSSR count). The maximum Gasteiger partial charge on any atom is 0.329 e. The molecule has 1 aromatic carbocycles. The number of nitrogens with one attached hydrogen (secondary N) is 2. The number of hydrogen-bond acceptors (Lipinski definition) is 8. The highest BCUT2D eigenvalue weighted by molar-refractivity contribution is 7.16. The number of rotatable bonds is 7. The van der Waals surface area contributed by atoms with Crippen molar-refractivity contribution < 1.29 is 24.2 Å². The Morgan fingerprint density at radius 3 is 2.62 bits per heavy atom. The molecular formula is C18H19ClN4O5S. The number of halogens is 1. The molecule has 154 valence electrons. The number of carbonyl (C=O) groups is 3. The molecule has 1 atom stereocenters. The normalized spacial score (nSPS) is 10.8. The van der Waals surface area contributed by atoms with Gasteiger partial charge in [0.2, 0.25) is 0 Å². The van der Waals surface area contributed by atoms with Crippen LogP contribution in [0.2, 0.25) is 0 Å². The van der Waals surface area contributed by atoms with E-state index in [0.29, 0.717) is 5.56 Å². The molecule has 5 N–H and O–H groups in total. The summed E-state index contributed by atoms with van der Waals surface area (Å²) in [5, 5.41) is 23.7. The Morgan fingerprint density at radius 2 is 2.03 bits per heavy atom. The Kier molecular flexibility index (Phi) is 9.08. The van der Waals surface area contributed by atoms with Gasteiger partial charge in [-0.25, -0.2) is 4.79 Å². The van der Waals surface area contributed by atoms with Crippen LogP contribution in [-0.2, 0) is 16.1 Å². The van der Waals surface area contributed by atoms with Gasteiger partial charge in [0.15, 0.2) is 0 Å². The summed E-state index contributed by atoms with van der Waals surface area (Å²) < 4.78 is 4.55. The number of nitriles is 1. The van der Waals surface area contributed by atoms with E-state index in [0.717, 1.165) is 18.4 Å². The molecule has 0 spiro atoms. The van der Waals surface area contributed by atoms with Crippen LogP contribution in [0.4, 0.5) is 0 Å². The van der Waals surface area contributed by atoms with Gasteiger partial charge in [0.05, 0.1) is 17.6 Å². The fraction of sp³-hybridized carbons (Fsp3) is 0.222. The van der Waals surface area contributed by atoms with Gasteiger partial charge in [0.25, 0.3) is 11.8 Å². The highest BCUT2D eigenvalue weighted by Crippen LogP contribution is 2.22. The minimum absolute atomic E-state index is 0. The van der Waals surface area contributed by atoms with Gasteiger partial charge in [-0.05, 0) is 23.8 Å². The van der Waals surface area contributed by atoms with Crippen LogP contribution in [-0.4, -0.2) is 42.6 Å². The summed E-state index contributed by atoms with van der Waals surface area (Å²) in [5.74, 6) is -1.81. The molecule has 0 saturated carbocycles. The molecule has 0 fully saturated rings. The van der Waals surface area contributed by atoms with Gasteiger partial charge < -0.3 is 26.2 Å². The summed E-state index contributed by atoms with van der Waals surface area (Å²) >= 11 is 0.821. The molecule has 29 heavy (non-hydrogen) atoms. The van der Waals surface area contributed by atoms with E-state index in [-0.39, 0.29) is 46.6 Å². The van der Waals surface area contributed by atoms with Crippen LogP contribution in [0.3, 0.4) is 0 Å². The van der Waals surface area contributed by atoms with Crippen molar-refractivity contribution in [2.24, 2.45) is 5.73 Å². The second-order valence-corrected chi connectivity index (χ2v) is 6.65. The van der Waals surface area contributed by atoms with Gasteiger partial charge in [0, 0.05) is 13.1 Å². The van der Waals surface area contributed by atoms with Crippen LogP contribution in [0, 0.1) is 11.3 Å². The van der Waals surface area contributed by atoms with Gasteiger partial charge in [-0.3, -0.25) is 9.59 Å². The first-order valence-electron chi connectivity index (χ1n) is 8.08. The number of nitrogens with zero attached hydrogens (tertiary/aromatic N) is 1. The number of esters is 1. The highest BCUT2D eigenvalue weighted by Gasteiger charge is 2.25. The Bertz CT molecular complexity index is 941. The SMILES string of the molecule is COC(=O)[C@H](CN)NC(=O)c1sc(C(=O)NCc2cccc(O)c2)cc1C#N.Cl. The molecule has 0 aliphatic rings. The number of ether oxygens (including phenoxy) is 1. The van der Waals surface area contributed by atoms with E-state index < -0.39 is 23.8 Å². The smallest absolute Gasteiger partial charge is 0.329 e. The Morgan fingerprint density at radius 1 is 1.31 bits per heavy atom. The molecule has 9 nitrogen and oxygen atoms in total. The van der Waals surface area contributed by atoms with Crippen LogP contribution >= 0.6 is 23.7 Å². The lowest BCUT2D eigenvalue weighted by atomic mass is 10.2. The molecule has 2 aromatic rings. The molecule has 0 unspecified atom stereocenters. The number of nitrogens with two attached hydrogens (primary N) is 1. The number of thiophene rings is 1. The summed E-state index contributed by atoms with van der Waals surface area (Å²) in [5.41, 5.74) is 6.14. The second kappa shape index (κ2) is 11.0. The van der Waals surface area contributed by atoms with E-state index in [1.54, 1.807) is 12.1 Å². The van der Waals surface area contributed by atoms with Crippen molar-refractivity contribution in [3.05, 3.63) is 51.2 Å². The second-order valence-electron chi connectivity index (χ2n) is 5.60. The first-order chi connectivity index (χ1) is 13.4. The van der Waals surface area contributed by atoms with E-state index in [4.69, 9.17) is 5.73 Å². The van der Waals surface area contributed by atoms with Crippen molar-refractivity contribution in [3.63, 3.8) is 0 Å². The van der Waals surface area contributed by atoms with E-state index in [1.165, 1.54) is 18.2 Å². The van der Waals surface area contributed by atoms with Crippen molar-refractivity contribution in [1.82, 2.24) is 10.6 Å². The zero-order valence-electron chi connectivity index (χ0n) is 15.3. The largest absolute Gasteiger partial charge is 0.508 e. The Hall–Kier alpha value is -3.13. The van der Waals surface area contributed by atoms with Crippen molar-refractivity contribution in [3.8, 4) is 11.8 Å². The molecule has 0 aliphatic carbocycles. The average molecular weight is 439 g/mol. The van der Waals surface area contributed by atoms with Crippen LogP contribution in [0.25, 0.3) is 0 Å². The molecule has 11 heteroatoms. The first-order valence-corrected chi connectivity index (χ1v) is 8.90. The fourth-order valence-corrected chi connectivity index (χ4v) is 3.20. The molecule has 2 amide bonds. The number of carbonyl (C=O) groups excluding carboxylic acids is 3. The zero-order chi connectivity index (χ0) is 20.7. The van der Waals surface area contributed by atoms with Crippen molar-refractivity contribution in [2.75, 3.05) is 13.7 Å². The Balaban J connectivity index is 0.00000420. The highest BCUT2D eigenvalue weighted by atomic mass is 35.5. The maximum absolute atomic E-state index is 12.4. The molecule has 1 aromatic heterocycles. The van der Waals surface area contributed by atoms with Gasteiger partial charge in [-0.15, -0.1) is 23.7 Å². The average Bonchev–Trinajstić information content (AvgIpc) is 3.14. The quantitative estimate of drug-likeness (QED) is 0.468. The first kappa shape index (κ1) is 23.9. The van der Waals surface area contributed by atoms with E-state index in [9.17, 15) is 24.8 Å². The lowest BCUT2D eigenvalue weighted by molar-refractivity contribution is -0.142. The van der Waals surface area contributed by atoms with Gasteiger partial charge >= 0.3 is 5.97 Å². The van der Waals surface area contributed by atoms with Crippen molar-refractivity contribution >= 4 is 41.5 Å². The molecular weight excluding hydrogens is 420 g/mol. The number of methoxy groups -OCH3 is 1. The van der Waals surface area contributed by atoms with Crippen molar-refractivity contribution in [2.45, 2.75) is 12.6 Å². The van der Waals surface area contributed by atoms with Crippen LogP contribution in [0.5, 0.6) is 5.75 Å². The van der Waals surface area contributed by atoms with Gasteiger partial charge in [-0.2, -0.15) is 5.26 Å².